The number of methoxy groups -OCH3 is 1. The molecular weight excluding hydrogens is 564 g/mol. The fourth-order valence-corrected chi connectivity index (χ4v) is 4.53. The van der Waals surface area contributed by atoms with Crippen molar-refractivity contribution in [3.63, 3.8) is 0 Å². The third kappa shape index (κ3) is 6.32. The molecule has 198 valence electrons. The maximum Gasteiger partial charge on any atom is 0.355 e. The van der Waals surface area contributed by atoms with Crippen LogP contribution in [0.15, 0.2) is 94.2 Å². The Labute approximate surface area is 233 Å². The molecule has 1 amide bonds. The summed E-state index contributed by atoms with van der Waals surface area (Å²) in [5.74, 6) is -1.73. The van der Waals surface area contributed by atoms with Gasteiger partial charge in [0.15, 0.2) is 0 Å². The van der Waals surface area contributed by atoms with Crippen LogP contribution in [0.2, 0.25) is 0 Å². The van der Waals surface area contributed by atoms with Crippen LogP contribution in [0, 0.1) is 0 Å². The molecule has 39 heavy (non-hydrogen) atoms. The van der Waals surface area contributed by atoms with Crippen molar-refractivity contribution in [3.05, 3.63) is 111 Å². The van der Waals surface area contributed by atoms with Crippen molar-refractivity contribution in [1.29, 1.82) is 0 Å². The van der Waals surface area contributed by atoms with Crippen LogP contribution in [0.1, 0.15) is 23.0 Å². The number of rotatable bonds is 8. The van der Waals surface area contributed by atoms with Gasteiger partial charge in [-0.15, -0.1) is 0 Å². The Morgan fingerprint density at radius 3 is 2.33 bits per heavy atom. The van der Waals surface area contributed by atoms with Crippen molar-refractivity contribution in [2.75, 3.05) is 19.0 Å². The first-order valence-electron chi connectivity index (χ1n) is 12.1. The van der Waals surface area contributed by atoms with Gasteiger partial charge in [-0.1, -0.05) is 58.4 Å². The number of carbonyl (C=O) groups is 3. The van der Waals surface area contributed by atoms with Crippen molar-refractivity contribution < 1.29 is 23.9 Å². The highest BCUT2D eigenvalue weighted by molar-refractivity contribution is 9.10. The molecule has 1 heterocycles. The van der Waals surface area contributed by atoms with Crippen LogP contribution in [0.4, 0.5) is 5.69 Å². The molecule has 8 nitrogen and oxygen atoms in total. The number of benzene rings is 3. The van der Waals surface area contributed by atoms with E-state index in [9.17, 15) is 19.2 Å². The average molecular weight is 589 g/mol. The Morgan fingerprint density at radius 2 is 1.67 bits per heavy atom. The van der Waals surface area contributed by atoms with Gasteiger partial charge in [-0.3, -0.25) is 14.2 Å². The fraction of sp³-hybridized carbons (Fsp3) is 0.133. The van der Waals surface area contributed by atoms with E-state index < -0.39 is 17.8 Å². The molecule has 0 saturated carbocycles. The van der Waals surface area contributed by atoms with E-state index in [1.54, 1.807) is 43.3 Å². The number of pyridine rings is 1. The zero-order valence-corrected chi connectivity index (χ0v) is 22.9. The van der Waals surface area contributed by atoms with Crippen molar-refractivity contribution in [2.24, 2.45) is 0 Å². The number of ether oxygens (including phenoxy) is 2. The van der Waals surface area contributed by atoms with Crippen LogP contribution >= 0.6 is 15.9 Å². The maximum absolute atomic E-state index is 13.7. The van der Waals surface area contributed by atoms with Crippen molar-refractivity contribution in [1.82, 2.24) is 4.57 Å². The first kappa shape index (κ1) is 27.5. The molecule has 0 atom stereocenters. The zero-order chi connectivity index (χ0) is 27.9. The van der Waals surface area contributed by atoms with Crippen LogP contribution < -0.4 is 10.9 Å². The van der Waals surface area contributed by atoms with Gasteiger partial charge < -0.3 is 14.8 Å². The lowest BCUT2D eigenvalue weighted by atomic mass is 9.96. The second kappa shape index (κ2) is 12.4. The Balaban J connectivity index is 1.74. The highest BCUT2D eigenvalue weighted by Gasteiger charge is 2.24. The lowest BCUT2D eigenvalue weighted by Crippen LogP contribution is -2.28. The number of aromatic nitrogens is 1. The molecule has 0 unspecified atom stereocenters. The number of nitrogens with one attached hydrogen (secondary N) is 1. The molecule has 0 radical (unpaired) electrons. The minimum absolute atomic E-state index is 0.0894. The predicted molar refractivity (Wildman–Crippen MR) is 153 cm³/mol. The van der Waals surface area contributed by atoms with Crippen LogP contribution in [-0.4, -0.2) is 36.1 Å². The first-order valence-corrected chi connectivity index (χ1v) is 12.9. The molecule has 1 N–H and O–H groups in total. The molecule has 0 bridgehead atoms. The summed E-state index contributed by atoms with van der Waals surface area (Å²) in [6, 6.07) is 21.5. The van der Waals surface area contributed by atoms with E-state index in [-0.39, 0.29) is 24.4 Å². The number of fused-ring (bicyclic) bond motifs is 1. The Hall–Kier alpha value is -4.50. The second-order valence-corrected chi connectivity index (χ2v) is 9.35. The number of anilines is 1. The molecule has 0 aliphatic carbocycles. The molecule has 9 heteroatoms. The molecule has 0 spiro atoms. The zero-order valence-electron chi connectivity index (χ0n) is 21.3. The fourth-order valence-electron chi connectivity index (χ4n) is 4.17. The standard InChI is InChI=1S/C30H25BrN2O6/c1-3-39-26(35)16-15-25(34)32-22-12-9-19(10-13-22)18-33-28(30(37)38-2)27(20-7-5-4-6-8-20)24-17-21(31)11-14-23(24)29(33)36/h4-17H,3,18H2,1-2H3,(H,32,34). The summed E-state index contributed by atoms with van der Waals surface area (Å²) in [6.07, 6.45) is 2.14. The molecule has 4 aromatic rings. The lowest BCUT2D eigenvalue weighted by molar-refractivity contribution is -0.137. The summed E-state index contributed by atoms with van der Waals surface area (Å²) in [4.78, 5) is 50.3. The lowest BCUT2D eigenvalue weighted by Gasteiger charge is -2.19. The van der Waals surface area contributed by atoms with Crippen LogP contribution in [0.25, 0.3) is 21.9 Å². The third-order valence-corrected chi connectivity index (χ3v) is 6.39. The highest BCUT2D eigenvalue weighted by atomic mass is 79.9. The minimum Gasteiger partial charge on any atom is -0.464 e. The smallest absolute Gasteiger partial charge is 0.355 e. The van der Waals surface area contributed by atoms with Crippen LogP contribution in [0.3, 0.4) is 0 Å². The molecule has 4 rings (SSSR count). The van der Waals surface area contributed by atoms with Gasteiger partial charge in [0.05, 0.1) is 20.3 Å². The number of carbonyl (C=O) groups excluding carboxylic acids is 3. The monoisotopic (exact) mass is 588 g/mol. The van der Waals surface area contributed by atoms with Crippen molar-refractivity contribution >= 4 is 50.2 Å². The highest BCUT2D eigenvalue weighted by Crippen LogP contribution is 2.33. The Morgan fingerprint density at radius 1 is 0.949 bits per heavy atom. The predicted octanol–water partition coefficient (Wildman–Crippen LogP) is 5.32. The van der Waals surface area contributed by atoms with Crippen molar-refractivity contribution in [2.45, 2.75) is 13.5 Å². The van der Waals surface area contributed by atoms with Crippen LogP contribution in [0.5, 0.6) is 0 Å². The first-order chi connectivity index (χ1) is 18.8. The van der Waals surface area contributed by atoms with Gasteiger partial charge in [0.2, 0.25) is 5.91 Å². The third-order valence-electron chi connectivity index (χ3n) is 5.89. The van der Waals surface area contributed by atoms with Gasteiger partial charge in [-0.2, -0.15) is 0 Å². The van der Waals surface area contributed by atoms with E-state index in [0.717, 1.165) is 27.8 Å². The number of halogens is 1. The largest absolute Gasteiger partial charge is 0.464 e. The normalized spacial score (nSPS) is 10.9. The van der Waals surface area contributed by atoms with E-state index in [1.165, 1.54) is 11.7 Å². The summed E-state index contributed by atoms with van der Waals surface area (Å²) in [6.45, 7) is 1.98. The summed E-state index contributed by atoms with van der Waals surface area (Å²) in [5, 5.41) is 3.75. The number of hydrogen-bond donors (Lipinski definition) is 1. The number of esters is 2. The van der Waals surface area contributed by atoms with Crippen molar-refractivity contribution in [3.8, 4) is 11.1 Å². The van der Waals surface area contributed by atoms with Gasteiger partial charge in [-0.25, -0.2) is 9.59 Å². The Bertz CT molecular complexity index is 1630. The molecule has 0 fully saturated rings. The van der Waals surface area contributed by atoms with Gasteiger partial charge in [-0.05, 0) is 53.8 Å². The summed E-state index contributed by atoms with van der Waals surface area (Å²) in [7, 11) is 1.28. The molecular formula is C30H25BrN2O6. The van der Waals surface area contributed by atoms with E-state index in [2.05, 4.69) is 21.2 Å². The SMILES string of the molecule is CCOC(=O)C=CC(=O)Nc1ccc(Cn2c(C(=O)OC)c(-c3ccccc3)c3cc(Br)ccc3c2=O)cc1. The topological polar surface area (TPSA) is 104 Å². The quantitative estimate of drug-likeness (QED) is 0.220. The van der Waals surface area contributed by atoms with E-state index >= 15 is 0 Å². The average Bonchev–Trinajstić information content (AvgIpc) is 2.94. The van der Waals surface area contributed by atoms with E-state index in [0.29, 0.717) is 22.0 Å². The summed E-state index contributed by atoms with van der Waals surface area (Å²) < 4.78 is 12.1. The van der Waals surface area contributed by atoms with E-state index in [1.807, 2.05) is 36.4 Å². The molecule has 1 aromatic heterocycles. The summed E-state index contributed by atoms with van der Waals surface area (Å²) in [5.41, 5.74) is 2.38. The van der Waals surface area contributed by atoms with Gasteiger partial charge >= 0.3 is 11.9 Å². The van der Waals surface area contributed by atoms with Gasteiger partial charge in [0.25, 0.3) is 5.56 Å². The summed E-state index contributed by atoms with van der Waals surface area (Å²) >= 11 is 3.48. The minimum atomic E-state index is -0.634. The number of nitrogens with zero attached hydrogens (tertiary/aromatic N) is 1. The molecule has 3 aromatic carbocycles. The Kier molecular flexibility index (Phi) is 8.73. The van der Waals surface area contributed by atoms with E-state index in [4.69, 9.17) is 9.47 Å². The van der Waals surface area contributed by atoms with Crippen LogP contribution in [-0.2, 0) is 25.6 Å². The molecule has 0 saturated heterocycles. The molecule has 0 aliphatic heterocycles. The number of hydrogen-bond acceptors (Lipinski definition) is 6. The maximum atomic E-state index is 13.7. The van der Waals surface area contributed by atoms with Gasteiger partial charge in [0.1, 0.15) is 5.69 Å². The molecule has 0 aliphatic rings. The van der Waals surface area contributed by atoms with Gasteiger partial charge in [0, 0.05) is 33.3 Å². The number of amides is 1. The second-order valence-electron chi connectivity index (χ2n) is 8.43.